The second kappa shape index (κ2) is 6.05. The van der Waals surface area contributed by atoms with Crippen LogP contribution in [0.4, 0.5) is 0 Å². The molecule has 1 atom stereocenters. The van der Waals surface area contributed by atoms with Crippen molar-refractivity contribution in [3.8, 4) is 16.9 Å². The molecule has 0 saturated heterocycles. The van der Waals surface area contributed by atoms with E-state index in [0.29, 0.717) is 5.75 Å². The number of hydrogen-bond acceptors (Lipinski definition) is 2. The molecule has 0 aromatic heterocycles. The summed E-state index contributed by atoms with van der Waals surface area (Å²) in [7, 11) is 0. The molecular weight excluding hydrogens is 240 g/mol. The third-order valence-electron chi connectivity index (χ3n) is 2.76. The van der Waals surface area contributed by atoms with Crippen LogP contribution in [0.1, 0.15) is 13.3 Å². The standard InChI is InChI=1S/C16H16O3/c1-12(11-16(17)18)19-15-10-6-5-9-14(15)13-7-3-2-4-8-13/h2-10,12H,11H2,1H3,(H,17,18). The van der Waals surface area contributed by atoms with Crippen LogP contribution in [-0.2, 0) is 4.79 Å². The molecule has 0 aliphatic carbocycles. The Balaban J connectivity index is 2.24. The maximum absolute atomic E-state index is 10.7. The van der Waals surface area contributed by atoms with Crippen LogP contribution in [0, 0.1) is 0 Å². The molecule has 0 fully saturated rings. The summed E-state index contributed by atoms with van der Waals surface area (Å²) in [5.74, 6) is -0.146. The molecule has 0 aliphatic rings. The minimum Gasteiger partial charge on any atom is -0.489 e. The van der Waals surface area contributed by atoms with Gasteiger partial charge in [0.25, 0.3) is 0 Å². The van der Waals surface area contributed by atoms with E-state index in [9.17, 15) is 4.79 Å². The summed E-state index contributed by atoms with van der Waals surface area (Å²) < 4.78 is 5.73. The summed E-state index contributed by atoms with van der Waals surface area (Å²) in [5, 5.41) is 8.77. The van der Waals surface area contributed by atoms with Gasteiger partial charge in [-0.3, -0.25) is 4.79 Å². The number of ether oxygens (including phenoxy) is 1. The topological polar surface area (TPSA) is 46.5 Å². The number of para-hydroxylation sites is 1. The highest BCUT2D eigenvalue weighted by Gasteiger charge is 2.12. The van der Waals surface area contributed by atoms with Gasteiger partial charge < -0.3 is 9.84 Å². The van der Waals surface area contributed by atoms with Gasteiger partial charge in [-0.1, -0.05) is 48.5 Å². The van der Waals surface area contributed by atoms with Crippen molar-refractivity contribution in [3.05, 3.63) is 54.6 Å². The molecular formula is C16H16O3. The highest BCUT2D eigenvalue weighted by molar-refractivity contribution is 5.70. The van der Waals surface area contributed by atoms with Crippen LogP contribution < -0.4 is 4.74 Å². The first-order valence-corrected chi connectivity index (χ1v) is 6.19. The van der Waals surface area contributed by atoms with Crippen molar-refractivity contribution >= 4 is 5.97 Å². The fraction of sp³-hybridized carbons (Fsp3) is 0.188. The molecule has 98 valence electrons. The van der Waals surface area contributed by atoms with Gasteiger partial charge in [0.1, 0.15) is 11.9 Å². The summed E-state index contributed by atoms with van der Waals surface area (Å²) in [6.45, 7) is 1.76. The Morgan fingerprint density at radius 2 is 1.74 bits per heavy atom. The molecule has 2 aromatic carbocycles. The highest BCUT2D eigenvalue weighted by Crippen LogP contribution is 2.30. The van der Waals surface area contributed by atoms with Crippen LogP contribution in [0.15, 0.2) is 54.6 Å². The van der Waals surface area contributed by atoms with Crippen LogP contribution in [0.5, 0.6) is 5.75 Å². The predicted molar refractivity (Wildman–Crippen MR) is 74.2 cm³/mol. The Hall–Kier alpha value is -2.29. The maximum Gasteiger partial charge on any atom is 0.307 e. The Morgan fingerprint density at radius 1 is 1.11 bits per heavy atom. The quantitative estimate of drug-likeness (QED) is 0.889. The first-order chi connectivity index (χ1) is 9.16. The van der Waals surface area contributed by atoms with E-state index < -0.39 is 5.97 Å². The van der Waals surface area contributed by atoms with Crippen LogP contribution in [0.3, 0.4) is 0 Å². The molecule has 0 aliphatic heterocycles. The van der Waals surface area contributed by atoms with E-state index in [1.807, 2.05) is 54.6 Å². The summed E-state index contributed by atoms with van der Waals surface area (Å²) in [6, 6.07) is 17.6. The van der Waals surface area contributed by atoms with Crippen molar-refractivity contribution in [1.82, 2.24) is 0 Å². The Morgan fingerprint density at radius 3 is 2.42 bits per heavy atom. The lowest BCUT2D eigenvalue weighted by Crippen LogP contribution is -2.16. The molecule has 0 amide bonds. The van der Waals surface area contributed by atoms with E-state index >= 15 is 0 Å². The minimum absolute atomic E-state index is 0.0108. The van der Waals surface area contributed by atoms with Crippen molar-refractivity contribution in [2.75, 3.05) is 0 Å². The first-order valence-electron chi connectivity index (χ1n) is 6.19. The van der Waals surface area contributed by atoms with Crippen molar-refractivity contribution in [2.45, 2.75) is 19.4 Å². The lowest BCUT2D eigenvalue weighted by molar-refractivity contribution is -0.138. The van der Waals surface area contributed by atoms with Crippen molar-refractivity contribution < 1.29 is 14.6 Å². The molecule has 2 aromatic rings. The molecule has 3 heteroatoms. The van der Waals surface area contributed by atoms with Gasteiger partial charge in [0.05, 0.1) is 6.42 Å². The normalized spacial score (nSPS) is 11.8. The van der Waals surface area contributed by atoms with E-state index in [0.717, 1.165) is 11.1 Å². The predicted octanol–water partition coefficient (Wildman–Crippen LogP) is 3.60. The van der Waals surface area contributed by atoms with E-state index in [1.54, 1.807) is 6.92 Å². The van der Waals surface area contributed by atoms with Gasteiger partial charge in [0.2, 0.25) is 0 Å². The molecule has 0 heterocycles. The zero-order valence-electron chi connectivity index (χ0n) is 10.7. The third kappa shape index (κ3) is 3.58. The molecule has 0 bridgehead atoms. The van der Waals surface area contributed by atoms with Crippen LogP contribution in [0.25, 0.3) is 11.1 Å². The van der Waals surface area contributed by atoms with E-state index in [1.165, 1.54) is 0 Å². The molecule has 3 nitrogen and oxygen atoms in total. The number of aliphatic carboxylic acids is 1. The van der Waals surface area contributed by atoms with Crippen molar-refractivity contribution in [3.63, 3.8) is 0 Å². The number of benzene rings is 2. The van der Waals surface area contributed by atoms with Gasteiger partial charge in [0.15, 0.2) is 0 Å². The van der Waals surface area contributed by atoms with Gasteiger partial charge >= 0.3 is 5.97 Å². The Bertz CT molecular complexity index is 549. The first kappa shape index (κ1) is 13.1. The monoisotopic (exact) mass is 256 g/mol. The third-order valence-corrected chi connectivity index (χ3v) is 2.76. The molecule has 0 spiro atoms. The SMILES string of the molecule is CC(CC(=O)O)Oc1ccccc1-c1ccccc1. The molecule has 0 saturated carbocycles. The molecule has 1 unspecified atom stereocenters. The average molecular weight is 256 g/mol. The smallest absolute Gasteiger partial charge is 0.307 e. The fourth-order valence-corrected chi connectivity index (χ4v) is 1.93. The van der Waals surface area contributed by atoms with Crippen LogP contribution in [0.2, 0.25) is 0 Å². The van der Waals surface area contributed by atoms with Gasteiger partial charge in [-0.05, 0) is 18.6 Å². The van der Waals surface area contributed by atoms with Crippen molar-refractivity contribution in [1.29, 1.82) is 0 Å². The van der Waals surface area contributed by atoms with E-state index in [-0.39, 0.29) is 12.5 Å². The average Bonchev–Trinajstić information content (AvgIpc) is 2.39. The molecule has 0 radical (unpaired) electrons. The van der Waals surface area contributed by atoms with Gasteiger partial charge in [-0.15, -0.1) is 0 Å². The summed E-state index contributed by atoms with van der Waals surface area (Å²) in [4.78, 5) is 10.7. The highest BCUT2D eigenvalue weighted by atomic mass is 16.5. The maximum atomic E-state index is 10.7. The van der Waals surface area contributed by atoms with Gasteiger partial charge in [-0.25, -0.2) is 0 Å². The number of hydrogen-bond donors (Lipinski definition) is 1. The van der Waals surface area contributed by atoms with Crippen molar-refractivity contribution in [2.24, 2.45) is 0 Å². The summed E-state index contributed by atoms with van der Waals surface area (Å²) in [6.07, 6.45) is -0.370. The number of rotatable bonds is 5. The Labute approximate surface area is 112 Å². The number of carboxylic acid groups (broad SMARTS) is 1. The minimum atomic E-state index is -0.857. The van der Waals surface area contributed by atoms with Crippen LogP contribution >= 0.6 is 0 Å². The van der Waals surface area contributed by atoms with E-state index in [2.05, 4.69) is 0 Å². The molecule has 2 rings (SSSR count). The summed E-state index contributed by atoms with van der Waals surface area (Å²) in [5.41, 5.74) is 2.03. The molecule has 19 heavy (non-hydrogen) atoms. The second-order valence-electron chi connectivity index (χ2n) is 4.39. The lowest BCUT2D eigenvalue weighted by atomic mass is 10.0. The zero-order valence-corrected chi connectivity index (χ0v) is 10.7. The number of carboxylic acids is 1. The van der Waals surface area contributed by atoms with E-state index in [4.69, 9.17) is 9.84 Å². The fourth-order valence-electron chi connectivity index (χ4n) is 1.93. The number of carbonyl (C=O) groups is 1. The lowest BCUT2D eigenvalue weighted by Gasteiger charge is -2.16. The second-order valence-corrected chi connectivity index (χ2v) is 4.39. The summed E-state index contributed by atoms with van der Waals surface area (Å²) >= 11 is 0. The Kier molecular flexibility index (Phi) is 4.18. The molecule has 1 N–H and O–H groups in total. The van der Waals surface area contributed by atoms with Gasteiger partial charge in [0, 0.05) is 5.56 Å². The van der Waals surface area contributed by atoms with Crippen LogP contribution in [-0.4, -0.2) is 17.2 Å². The van der Waals surface area contributed by atoms with Gasteiger partial charge in [-0.2, -0.15) is 0 Å². The zero-order chi connectivity index (χ0) is 13.7. The largest absolute Gasteiger partial charge is 0.489 e.